The van der Waals surface area contributed by atoms with Crippen molar-refractivity contribution in [3.63, 3.8) is 0 Å². The smallest absolute Gasteiger partial charge is 0.204 e. The lowest BCUT2D eigenvalue weighted by atomic mass is 9.55. The molecule has 0 aromatic rings. The summed E-state index contributed by atoms with van der Waals surface area (Å²) in [7, 11) is 0. The van der Waals surface area contributed by atoms with E-state index in [9.17, 15) is 15.8 Å². The molecule has 0 amide bonds. The van der Waals surface area contributed by atoms with E-state index < -0.39 is 5.41 Å². The molecule has 0 aromatic carbocycles. The molecule has 4 nitrogen and oxygen atoms in total. The van der Waals surface area contributed by atoms with E-state index in [1.165, 1.54) is 0 Å². The molecule has 0 heterocycles. The summed E-state index contributed by atoms with van der Waals surface area (Å²) < 4.78 is 0. The molecule has 0 aliphatic heterocycles. The van der Waals surface area contributed by atoms with Crippen molar-refractivity contribution >= 4 is 0 Å². The fraction of sp³-hybridized carbons (Fsp3) is 0.562. The standard InChI is InChI=1S/C16H16N4/c17-8-13-14(20)16(9-18,10-19)12-5-3-4-11(12)15(13)6-1-2-7-15/h5,11H,1-4,6-7,20H2/t11-/m0/s1. The first-order valence-electron chi connectivity index (χ1n) is 7.10. The van der Waals surface area contributed by atoms with E-state index in [2.05, 4.69) is 18.2 Å². The molecule has 100 valence electrons. The predicted molar refractivity (Wildman–Crippen MR) is 72.2 cm³/mol. The van der Waals surface area contributed by atoms with E-state index in [0.717, 1.165) is 44.1 Å². The average Bonchev–Trinajstić information content (AvgIpc) is 3.11. The second-order valence-corrected chi connectivity index (χ2v) is 6.03. The van der Waals surface area contributed by atoms with Crippen LogP contribution in [-0.2, 0) is 0 Å². The second kappa shape index (κ2) is 4.12. The lowest BCUT2D eigenvalue weighted by Crippen LogP contribution is -2.44. The highest BCUT2D eigenvalue weighted by Crippen LogP contribution is 2.63. The highest BCUT2D eigenvalue weighted by Gasteiger charge is 2.59. The summed E-state index contributed by atoms with van der Waals surface area (Å²) in [6, 6.07) is 6.44. The third kappa shape index (κ3) is 1.23. The summed E-state index contributed by atoms with van der Waals surface area (Å²) in [5.74, 6) is 0.145. The van der Waals surface area contributed by atoms with E-state index in [1.54, 1.807) is 0 Å². The Morgan fingerprint density at radius 2 is 1.80 bits per heavy atom. The van der Waals surface area contributed by atoms with Crippen LogP contribution in [0, 0.1) is 50.7 Å². The Morgan fingerprint density at radius 3 is 2.35 bits per heavy atom. The predicted octanol–water partition coefficient (Wildman–Crippen LogP) is 2.67. The summed E-state index contributed by atoms with van der Waals surface area (Å²) in [5.41, 5.74) is 6.11. The molecule has 20 heavy (non-hydrogen) atoms. The summed E-state index contributed by atoms with van der Waals surface area (Å²) in [4.78, 5) is 0. The van der Waals surface area contributed by atoms with Gasteiger partial charge in [0.05, 0.1) is 29.5 Å². The summed E-state index contributed by atoms with van der Waals surface area (Å²) in [5, 5.41) is 28.7. The molecule has 0 unspecified atom stereocenters. The Labute approximate surface area is 118 Å². The molecule has 1 spiro atoms. The second-order valence-electron chi connectivity index (χ2n) is 6.03. The van der Waals surface area contributed by atoms with Crippen molar-refractivity contribution in [3.05, 3.63) is 22.9 Å². The zero-order chi connectivity index (χ0) is 14.4. The molecule has 2 N–H and O–H groups in total. The van der Waals surface area contributed by atoms with Crippen molar-refractivity contribution in [2.75, 3.05) is 0 Å². The van der Waals surface area contributed by atoms with E-state index in [-0.39, 0.29) is 17.0 Å². The van der Waals surface area contributed by atoms with Crippen LogP contribution in [0.2, 0.25) is 0 Å². The molecule has 4 heteroatoms. The molecular weight excluding hydrogens is 248 g/mol. The zero-order valence-electron chi connectivity index (χ0n) is 11.3. The fourth-order valence-corrected chi connectivity index (χ4v) is 4.53. The number of rotatable bonds is 0. The number of fused-ring (bicyclic) bond motifs is 2. The molecule has 3 aliphatic carbocycles. The fourth-order valence-electron chi connectivity index (χ4n) is 4.53. The lowest BCUT2D eigenvalue weighted by Gasteiger charge is -2.45. The van der Waals surface area contributed by atoms with Crippen LogP contribution >= 0.6 is 0 Å². The van der Waals surface area contributed by atoms with Gasteiger partial charge in [-0.1, -0.05) is 18.9 Å². The molecule has 1 fully saturated rings. The van der Waals surface area contributed by atoms with Crippen molar-refractivity contribution in [2.24, 2.45) is 22.5 Å². The largest absolute Gasteiger partial charge is 0.399 e. The Morgan fingerprint density at radius 1 is 1.15 bits per heavy atom. The maximum absolute atomic E-state index is 9.60. The van der Waals surface area contributed by atoms with Crippen LogP contribution in [0.5, 0.6) is 0 Å². The van der Waals surface area contributed by atoms with Gasteiger partial charge in [0.2, 0.25) is 5.41 Å². The normalized spacial score (nSPS) is 29.2. The molecule has 0 aromatic heterocycles. The van der Waals surface area contributed by atoms with Crippen molar-refractivity contribution in [1.29, 1.82) is 15.8 Å². The van der Waals surface area contributed by atoms with Gasteiger partial charge < -0.3 is 5.73 Å². The molecule has 1 atom stereocenters. The van der Waals surface area contributed by atoms with Gasteiger partial charge in [-0.3, -0.25) is 0 Å². The number of hydrogen-bond donors (Lipinski definition) is 1. The van der Waals surface area contributed by atoms with Crippen LogP contribution in [-0.4, -0.2) is 0 Å². The van der Waals surface area contributed by atoms with Crippen molar-refractivity contribution < 1.29 is 0 Å². The Bertz CT molecular complexity index is 627. The number of hydrogen-bond acceptors (Lipinski definition) is 4. The van der Waals surface area contributed by atoms with Gasteiger partial charge in [-0.2, -0.15) is 15.8 Å². The van der Waals surface area contributed by atoms with Gasteiger partial charge in [0, 0.05) is 5.41 Å². The average molecular weight is 264 g/mol. The Kier molecular flexibility index (Phi) is 2.63. The van der Waals surface area contributed by atoms with Gasteiger partial charge in [0.15, 0.2) is 0 Å². The summed E-state index contributed by atoms with van der Waals surface area (Å²) >= 11 is 0. The van der Waals surface area contributed by atoms with Crippen molar-refractivity contribution in [3.8, 4) is 18.2 Å². The third-order valence-electron chi connectivity index (χ3n) is 5.41. The molecule has 3 rings (SSSR count). The zero-order valence-corrected chi connectivity index (χ0v) is 11.3. The monoisotopic (exact) mass is 264 g/mol. The Balaban J connectivity index is 2.33. The van der Waals surface area contributed by atoms with Crippen molar-refractivity contribution in [2.45, 2.75) is 38.5 Å². The minimum absolute atomic E-state index is 0.145. The molecule has 1 saturated carbocycles. The van der Waals surface area contributed by atoms with E-state index in [4.69, 9.17) is 5.73 Å². The van der Waals surface area contributed by atoms with Gasteiger partial charge in [-0.05, 0) is 37.2 Å². The minimum atomic E-state index is -1.42. The van der Waals surface area contributed by atoms with Crippen LogP contribution in [0.4, 0.5) is 0 Å². The van der Waals surface area contributed by atoms with E-state index in [1.807, 2.05) is 6.08 Å². The molecule has 0 saturated heterocycles. The first-order valence-corrected chi connectivity index (χ1v) is 7.10. The van der Waals surface area contributed by atoms with Crippen LogP contribution in [0.3, 0.4) is 0 Å². The SMILES string of the molecule is N#CC1=C(N)C(C#N)(C#N)C2=CCC[C@@H]2C12CCCC2. The maximum Gasteiger partial charge on any atom is 0.204 e. The van der Waals surface area contributed by atoms with Crippen molar-refractivity contribution in [1.82, 2.24) is 0 Å². The molecule has 0 radical (unpaired) electrons. The highest BCUT2D eigenvalue weighted by molar-refractivity contribution is 5.57. The first-order chi connectivity index (χ1) is 9.66. The summed E-state index contributed by atoms with van der Waals surface area (Å²) in [6.07, 6.45) is 7.90. The van der Waals surface area contributed by atoms with Gasteiger partial charge in [-0.25, -0.2) is 0 Å². The summed E-state index contributed by atoms with van der Waals surface area (Å²) in [6.45, 7) is 0. The molecule has 0 bridgehead atoms. The Hall–Kier alpha value is -2.25. The van der Waals surface area contributed by atoms with Gasteiger partial charge in [-0.15, -0.1) is 0 Å². The maximum atomic E-state index is 9.60. The molecule has 3 aliphatic rings. The first kappa shape index (κ1) is 12.8. The topological polar surface area (TPSA) is 97.4 Å². The van der Waals surface area contributed by atoms with Gasteiger partial charge in [0.1, 0.15) is 0 Å². The number of nitriles is 3. The molecular formula is C16H16N4. The van der Waals surface area contributed by atoms with E-state index >= 15 is 0 Å². The van der Waals surface area contributed by atoms with Gasteiger partial charge in [0.25, 0.3) is 0 Å². The van der Waals surface area contributed by atoms with Crippen LogP contribution in [0.25, 0.3) is 0 Å². The van der Waals surface area contributed by atoms with Crippen LogP contribution < -0.4 is 5.73 Å². The van der Waals surface area contributed by atoms with E-state index in [0.29, 0.717) is 5.57 Å². The van der Waals surface area contributed by atoms with Gasteiger partial charge >= 0.3 is 0 Å². The third-order valence-corrected chi connectivity index (χ3v) is 5.41. The highest BCUT2D eigenvalue weighted by atomic mass is 14.7. The van der Waals surface area contributed by atoms with Crippen LogP contribution in [0.15, 0.2) is 22.9 Å². The lowest BCUT2D eigenvalue weighted by molar-refractivity contribution is 0.223. The number of allylic oxidation sites excluding steroid dienone is 3. The minimum Gasteiger partial charge on any atom is -0.399 e. The number of nitrogens with two attached hydrogens (primary N) is 1. The number of nitrogens with zero attached hydrogens (tertiary/aromatic N) is 3. The quantitative estimate of drug-likeness (QED) is 0.680. The van der Waals surface area contributed by atoms with Crippen LogP contribution in [0.1, 0.15) is 38.5 Å².